The van der Waals surface area contributed by atoms with Crippen LogP contribution in [0.5, 0.6) is 0 Å². The maximum Gasteiger partial charge on any atom is 0.0620 e. The molecule has 1 aromatic rings. The Morgan fingerprint density at radius 3 is 2.77 bits per heavy atom. The van der Waals surface area contributed by atoms with Crippen molar-refractivity contribution in [2.75, 3.05) is 0 Å². The van der Waals surface area contributed by atoms with Crippen LogP contribution in [0.2, 0.25) is 0 Å². The standard InChI is InChI=1S/C10H18N2O/c1-4-10(2,13)7-5-9-6-8-11-12(9)3/h6,8,13H,4-5,7H2,1-3H3. The summed E-state index contributed by atoms with van der Waals surface area (Å²) in [4.78, 5) is 0. The van der Waals surface area contributed by atoms with Crippen molar-refractivity contribution in [2.24, 2.45) is 7.05 Å². The number of aliphatic hydroxyl groups is 1. The average Bonchev–Trinajstić information content (AvgIpc) is 2.48. The van der Waals surface area contributed by atoms with Crippen LogP contribution in [0.3, 0.4) is 0 Å². The zero-order valence-corrected chi connectivity index (χ0v) is 8.62. The molecule has 1 N–H and O–H groups in total. The number of aryl methyl sites for hydroxylation is 2. The maximum absolute atomic E-state index is 9.78. The first-order valence-electron chi connectivity index (χ1n) is 4.74. The van der Waals surface area contributed by atoms with E-state index in [1.165, 1.54) is 5.69 Å². The molecule has 0 spiro atoms. The second-order valence-corrected chi connectivity index (χ2v) is 3.80. The number of nitrogens with zero attached hydrogens (tertiary/aromatic N) is 2. The lowest BCUT2D eigenvalue weighted by molar-refractivity contribution is 0.0468. The first kappa shape index (κ1) is 10.3. The summed E-state index contributed by atoms with van der Waals surface area (Å²) < 4.78 is 1.85. The van der Waals surface area contributed by atoms with Gasteiger partial charge in [-0.2, -0.15) is 5.10 Å². The van der Waals surface area contributed by atoms with E-state index in [0.717, 1.165) is 19.3 Å². The van der Waals surface area contributed by atoms with Crippen LogP contribution in [-0.4, -0.2) is 20.5 Å². The van der Waals surface area contributed by atoms with Gasteiger partial charge in [0, 0.05) is 18.9 Å². The highest BCUT2D eigenvalue weighted by Crippen LogP contribution is 2.16. The Labute approximate surface area is 79.4 Å². The summed E-state index contributed by atoms with van der Waals surface area (Å²) in [5.41, 5.74) is 0.637. The molecule has 1 rings (SSSR count). The van der Waals surface area contributed by atoms with Gasteiger partial charge in [-0.3, -0.25) is 4.68 Å². The zero-order chi connectivity index (χ0) is 9.90. The van der Waals surface area contributed by atoms with Crippen LogP contribution >= 0.6 is 0 Å². The molecule has 0 aliphatic rings. The molecule has 1 heterocycles. The number of hydrogen-bond donors (Lipinski definition) is 1. The molecule has 0 radical (unpaired) electrons. The van der Waals surface area contributed by atoms with Crippen molar-refractivity contribution in [3.8, 4) is 0 Å². The molecule has 0 amide bonds. The van der Waals surface area contributed by atoms with E-state index in [9.17, 15) is 5.11 Å². The Balaban J connectivity index is 2.48. The SMILES string of the molecule is CCC(C)(O)CCc1ccnn1C. The first-order chi connectivity index (χ1) is 6.05. The third-order valence-electron chi connectivity index (χ3n) is 2.60. The fourth-order valence-electron chi connectivity index (χ4n) is 1.22. The molecule has 1 atom stereocenters. The van der Waals surface area contributed by atoms with Gasteiger partial charge in [-0.1, -0.05) is 6.92 Å². The lowest BCUT2D eigenvalue weighted by atomic mass is 9.96. The molecule has 0 aliphatic carbocycles. The Kier molecular flexibility index (Phi) is 3.09. The van der Waals surface area contributed by atoms with E-state index in [1.54, 1.807) is 6.20 Å². The van der Waals surface area contributed by atoms with Gasteiger partial charge in [-0.15, -0.1) is 0 Å². The number of rotatable bonds is 4. The minimum atomic E-state index is -0.537. The van der Waals surface area contributed by atoms with Gasteiger partial charge in [0.25, 0.3) is 0 Å². The molecule has 0 saturated heterocycles. The van der Waals surface area contributed by atoms with Gasteiger partial charge in [0.2, 0.25) is 0 Å². The van der Waals surface area contributed by atoms with Crippen LogP contribution in [-0.2, 0) is 13.5 Å². The molecule has 1 unspecified atom stereocenters. The molecular formula is C10H18N2O. The molecule has 74 valence electrons. The van der Waals surface area contributed by atoms with Gasteiger partial charge >= 0.3 is 0 Å². The third-order valence-corrected chi connectivity index (χ3v) is 2.60. The largest absolute Gasteiger partial charge is 0.390 e. The number of hydrogen-bond acceptors (Lipinski definition) is 2. The van der Waals surface area contributed by atoms with Gasteiger partial charge in [0.05, 0.1) is 5.60 Å². The monoisotopic (exact) mass is 182 g/mol. The van der Waals surface area contributed by atoms with E-state index < -0.39 is 5.60 Å². The minimum Gasteiger partial charge on any atom is -0.390 e. The predicted octanol–water partition coefficient (Wildman–Crippen LogP) is 1.51. The molecule has 0 aliphatic heterocycles. The van der Waals surface area contributed by atoms with Crippen LogP contribution < -0.4 is 0 Å². The summed E-state index contributed by atoms with van der Waals surface area (Å²) >= 11 is 0. The summed E-state index contributed by atoms with van der Waals surface area (Å²) in [6, 6.07) is 1.99. The van der Waals surface area contributed by atoms with Crippen LogP contribution in [0.15, 0.2) is 12.3 Å². The smallest absolute Gasteiger partial charge is 0.0620 e. The predicted molar refractivity (Wildman–Crippen MR) is 52.4 cm³/mol. The summed E-state index contributed by atoms with van der Waals surface area (Å²) in [7, 11) is 1.93. The lowest BCUT2D eigenvalue weighted by Crippen LogP contribution is -2.23. The van der Waals surface area contributed by atoms with Gasteiger partial charge in [0.1, 0.15) is 0 Å². The summed E-state index contributed by atoms with van der Waals surface area (Å²) in [6.07, 6.45) is 4.27. The van der Waals surface area contributed by atoms with Gasteiger partial charge in [-0.05, 0) is 32.3 Å². The Morgan fingerprint density at radius 1 is 1.62 bits per heavy atom. The third kappa shape index (κ3) is 2.84. The van der Waals surface area contributed by atoms with Gasteiger partial charge in [0.15, 0.2) is 0 Å². The summed E-state index contributed by atoms with van der Waals surface area (Å²) in [5, 5.41) is 13.9. The minimum absolute atomic E-state index is 0.537. The van der Waals surface area contributed by atoms with Crippen molar-refractivity contribution in [2.45, 2.75) is 38.7 Å². The number of aromatic nitrogens is 2. The second-order valence-electron chi connectivity index (χ2n) is 3.80. The molecule has 3 nitrogen and oxygen atoms in total. The highest BCUT2D eigenvalue weighted by molar-refractivity contribution is 5.00. The molecule has 0 aromatic carbocycles. The van der Waals surface area contributed by atoms with E-state index in [1.807, 2.05) is 31.6 Å². The van der Waals surface area contributed by atoms with Gasteiger partial charge < -0.3 is 5.11 Å². The topological polar surface area (TPSA) is 38.1 Å². The Bertz CT molecular complexity index is 266. The lowest BCUT2D eigenvalue weighted by Gasteiger charge is -2.20. The fraction of sp³-hybridized carbons (Fsp3) is 0.700. The van der Waals surface area contributed by atoms with Crippen molar-refractivity contribution >= 4 is 0 Å². The van der Waals surface area contributed by atoms with Crippen LogP contribution in [0.4, 0.5) is 0 Å². The van der Waals surface area contributed by atoms with Crippen LogP contribution in [0.1, 0.15) is 32.4 Å². The van der Waals surface area contributed by atoms with Crippen molar-refractivity contribution < 1.29 is 5.11 Å². The maximum atomic E-state index is 9.78. The van der Waals surface area contributed by atoms with E-state index in [4.69, 9.17) is 0 Å². The van der Waals surface area contributed by atoms with Crippen LogP contribution in [0, 0.1) is 0 Å². The van der Waals surface area contributed by atoms with E-state index in [0.29, 0.717) is 0 Å². The molecule has 3 heteroatoms. The molecule has 0 fully saturated rings. The highest BCUT2D eigenvalue weighted by Gasteiger charge is 2.17. The molecule has 1 aromatic heterocycles. The first-order valence-corrected chi connectivity index (χ1v) is 4.74. The van der Waals surface area contributed by atoms with Crippen molar-refractivity contribution in [3.05, 3.63) is 18.0 Å². The summed E-state index contributed by atoms with van der Waals surface area (Å²) in [5.74, 6) is 0. The molecule has 0 bridgehead atoms. The quantitative estimate of drug-likeness (QED) is 0.766. The second kappa shape index (κ2) is 3.92. The fourth-order valence-corrected chi connectivity index (χ4v) is 1.22. The molecule has 13 heavy (non-hydrogen) atoms. The Morgan fingerprint density at radius 2 is 2.31 bits per heavy atom. The molecular weight excluding hydrogens is 164 g/mol. The molecule has 0 saturated carbocycles. The van der Waals surface area contributed by atoms with Crippen molar-refractivity contribution in [3.63, 3.8) is 0 Å². The summed E-state index contributed by atoms with van der Waals surface area (Å²) in [6.45, 7) is 3.88. The Hall–Kier alpha value is -0.830. The zero-order valence-electron chi connectivity index (χ0n) is 8.62. The van der Waals surface area contributed by atoms with Crippen molar-refractivity contribution in [1.82, 2.24) is 9.78 Å². The highest BCUT2D eigenvalue weighted by atomic mass is 16.3. The van der Waals surface area contributed by atoms with E-state index in [-0.39, 0.29) is 0 Å². The normalized spacial score (nSPS) is 15.7. The van der Waals surface area contributed by atoms with E-state index >= 15 is 0 Å². The average molecular weight is 182 g/mol. The van der Waals surface area contributed by atoms with E-state index in [2.05, 4.69) is 5.10 Å². The van der Waals surface area contributed by atoms with Crippen molar-refractivity contribution in [1.29, 1.82) is 0 Å². The van der Waals surface area contributed by atoms with Crippen LogP contribution in [0.25, 0.3) is 0 Å². The van der Waals surface area contributed by atoms with Gasteiger partial charge in [-0.25, -0.2) is 0 Å².